The van der Waals surface area contributed by atoms with Crippen molar-refractivity contribution in [3.8, 4) is 0 Å². The lowest BCUT2D eigenvalue weighted by molar-refractivity contribution is -0.121. The third kappa shape index (κ3) is 5.50. The zero-order chi connectivity index (χ0) is 23.2. The first-order valence-electron chi connectivity index (χ1n) is 11.6. The third-order valence-electron chi connectivity index (χ3n) is 6.79. The largest absolute Gasteiger partial charge is 0.465 e. The van der Waals surface area contributed by atoms with Crippen LogP contribution in [0.25, 0.3) is 0 Å². The van der Waals surface area contributed by atoms with Crippen LogP contribution in [0.1, 0.15) is 54.6 Å². The Balaban J connectivity index is 1.39. The predicted octanol–water partition coefficient (Wildman–Crippen LogP) is 3.90. The number of pyridine rings is 1. The molecule has 2 fully saturated rings. The van der Waals surface area contributed by atoms with E-state index in [1.54, 1.807) is 30.5 Å². The second kappa shape index (κ2) is 10.5. The van der Waals surface area contributed by atoms with Gasteiger partial charge in [-0.2, -0.15) is 0 Å². The number of carbonyl (C=O) groups is 3. The van der Waals surface area contributed by atoms with E-state index in [0.29, 0.717) is 30.3 Å². The molecule has 2 aliphatic rings. The third-order valence-corrected chi connectivity index (χ3v) is 6.79. The van der Waals surface area contributed by atoms with Crippen molar-refractivity contribution in [3.63, 3.8) is 0 Å². The van der Waals surface area contributed by atoms with Gasteiger partial charge in [0.25, 0.3) is 5.91 Å². The van der Waals surface area contributed by atoms with Gasteiger partial charge >= 0.3 is 6.09 Å². The molecule has 1 aromatic carbocycles. The quantitative estimate of drug-likeness (QED) is 0.618. The fourth-order valence-corrected chi connectivity index (χ4v) is 5.12. The van der Waals surface area contributed by atoms with Gasteiger partial charge in [0.2, 0.25) is 5.91 Å². The smallest absolute Gasteiger partial charge is 0.407 e. The van der Waals surface area contributed by atoms with Crippen molar-refractivity contribution in [2.45, 2.75) is 51.1 Å². The molecule has 3 amide bonds. The highest BCUT2D eigenvalue weighted by atomic mass is 16.4. The van der Waals surface area contributed by atoms with Crippen molar-refractivity contribution >= 4 is 23.6 Å². The average molecular weight is 451 g/mol. The maximum absolute atomic E-state index is 13.2. The minimum absolute atomic E-state index is 0.0537. The van der Waals surface area contributed by atoms with Gasteiger partial charge < -0.3 is 15.7 Å². The Hall–Kier alpha value is -3.42. The first-order valence-corrected chi connectivity index (χ1v) is 11.6. The van der Waals surface area contributed by atoms with E-state index < -0.39 is 12.1 Å². The highest BCUT2D eigenvalue weighted by Crippen LogP contribution is 2.39. The van der Waals surface area contributed by atoms with Crippen molar-refractivity contribution in [1.29, 1.82) is 0 Å². The molecule has 0 spiro atoms. The van der Waals surface area contributed by atoms with E-state index in [4.69, 9.17) is 0 Å². The number of hydrogen-bond donors (Lipinski definition) is 3. The lowest BCUT2D eigenvalue weighted by Crippen LogP contribution is -2.47. The zero-order valence-electron chi connectivity index (χ0n) is 18.6. The molecule has 1 saturated carbocycles. The molecule has 1 saturated heterocycles. The molecule has 0 radical (unpaired) electrons. The first kappa shape index (κ1) is 22.8. The Kier molecular flexibility index (Phi) is 7.22. The van der Waals surface area contributed by atoms with Gasteiger partial charge in [-0.25, -0.2) is 4.79 Å². The van der Waals surface area contributed by atoms with E-state index in [0.717, 1.165) is 37.8 Å². The number of likely N-dealkylation sites (tertiary alicyclic amines) is 1. The highest BCUT2D eigenvalue weighted by Gasteiger charge is 2.45. The van der Waals surface area contributed by atoms with Gasteiger partial charge in [-0.15, -0.1) is 0 Å². The zero-order valence-corrected chi connectivity index (χ0v) is 18.6. The Bertz CT molecular complexity index is 974. The number of nitrogens with one attached hydrogen (secondary N) is 2. The molecule has 33 heavy (non-hydrogen) atoms. The minimum Gasteiger partial charge on any atom is -0.465 e. The van der Waals surface area contributed by atoms with E-state index >= 15 is 0 Å². The van der Waals surface area contributed by atoms with Crippen LogP contribution < -0.4 is 10.6 Å². The van der Waals surface area contributed by atoms with Crippen LogP contribution in [-0.2, 0) is 11.3 Å². The van der Waals surface area contributed by atoms with E-state index in [1.165, 1.54) is 11.3 Å². The molecule has 1 aliphatic carbocycles. The van der Waals surface area contributed by atoms with Crippen molar-refractivity contribution in [2.24, 2.45) is 11.8 Å². The summed E-state index contributed by atoms with van der Waals surface area (Å²) in [6.07, 6.45) is 6.98. The van der Waals surface area contributed by atoms with Gasteiger partial charge in [0, 0.05) is 24.0 Å². The van der Waals surface area contributed by atoms with Crippen molar-refractivity contribution in [3.05, 3.63) is 59.9 Å². The number of amides is 3. The van der Waals surface area contributed by atoms with Crippen LogP contribution in [0.4, 0.5) is 10.5 Å². The Labute approximate surface area is 193 Å². The fourth-order valence-electron chi connectivity index (χ4n) is 5.12. The maximum Gasteiger partial charge on any atom is 0.407 e. The molecular formula is C25H30N4O4. The van der Waals surface area contributed by atoms with Gasteiger partial charge in [0.1, 0.15) is 6.04 Å². The van der Waals surface area contributed by atoms with Crippen molar-refractivity contribution in [1.82, 2.24) is 15.2 Å². The molecule has 1 aromatic heterocycles. The number of carboxylic acid groups (broad SMARTS) is 1. The van der Waals surface area contributed by atoms with Gasteiger partial charge in [-0.1, -0.05) is 38.2 Å². The minimum atomic E-state index is -1.05. The summed E-state index contributed by atoms with van der Waals surface area (Å²) in [7, 11) is 0. The summed E-state index contributed by atoms with van der Waals surface area (Å²) in [5, 5.41) is 15.3. The lowest BCUT2D eigenvalue weighted by Gasteiger charge is -2.32. The number of benzene rings is 1. The van der Waals surface area contributed by atoms with E-state index in [1.807, 2.05) is 18.2 Å². The average Bonchev–Trinajstić information content (AvgIpc) is 3.30. The molecule has 4 rings (SSSR count). The Morgan fingerprint density at radius 1 is 1.00 bits per heavy atom. The number of aromatic nitrogens is 1. The van der Waals surface area contributed by atoms with Gasteiger partial charge in [-0.3, -0.25) is 19.5 Å². The molecule has 0 unspecified atom stereocenters. The summed E-state index contributed by atoms with van der Waals surface area (Å²) in [6.45, 7) is 0.720. The summed E-state index contributed by atoms with van der Waals surface area (Å²) in [5.41, 5.74) is 1.78. The molecule has 8 nitrogen and oxygen atoms in total. The van der Waals surface area contributed by atoms with Gasteiger partial charge in [-0.05, 0) is 54.7 Å². The Morgan fingerprint density at radius 2 is 1.76 bits per heavy atom. The van der Waals surface area contributed by atoms with E-state index in [2.05, 4.69) is 15.6 Å². The first-order chi connectivity index (χ1) is 16.0. The highest BCUT2D eigenvalue weighted by molar-refractivity contribution is 5.98. The molecule has 0 bridgehead atoms. The number of carbonyl (C=O) groups excluding carboxylic acids is 2. The fraction of sp³-hybridized carbons (Fsp3) is 0.440. The second-order valence-electron chi connectivity index (χ2n) is 8.84. The monoisotopic (exact) mass is 450 g/mol. The molecule has 2 aromatic rings. The van der Waals surface area contributed by atoms with Crippen LogP contribution in [0.5, 0.6) is 0 Å². The van der Waals surface area contributed by atoms with Crippen LogP contribution in [0, 0.1) is 11.8 Å². The van der Waals surface area contributed by atoms with Crippen LogP contribution in [0.2, 0.25) is 0 Å². The molecule has 3 N–H and O–H groups in total. The van der Waals surface area contributed by atoms with Gasteiger partial charge in [0.15, 0.2) is 0 Å². The Morgan fingerprint density at radius 3 is 2.42 bits per heavy atom. The number of anilines is 1. The molecule has 174 valence electrons. The van der Waals surface area contributed by atoms with Crippen LogP contribution in [0.15, 0.2) is 48.7 Å². The SMILES string of the molecule is O=C(NCc1ccccn1)c1ccc(NC(=O)[C@@H]2[C@H](C3CCCCC3)CCN2C(=O)O)cc1. The topological polar surface area (TPSA) is 112 Å². The van der Waals surface area contributed by atoms with Crippen molar-refractivity contribution in [2.75, 3.05) is 11.9 Å². The van der Waals surface area contributed by atoms with Crippen LogP contribution >= 0.6 is 0 Å². The summed E-state index contributed by atoms with van der Waals surface area (Å²) in [6, 6.07) is 11.5. The maximum atomic E-state index is 13.2. The van der Waals surface area contributed by atoms with Crippen molar-refractivity contribution < 1.29 is 19.5 Å². The summed E-state index contributed by atoms with van der Waals surface area (Å²) < 4.78 is 0. The number of nitrogens with zero attached hydrogens (tertiary/aromatic N) is 2. The van der Waals surface area contributed by atoms with Crippen LogP contribution in [-0.4, -0.2) is 45.5 Å². The molecule has 8 heteroatoms. The van der Waals surface area contributed by atoms with Gasteiger partial charge in [0.05, 0.1) is 12.2 Å². The predicted molar refractivity (Wildman–Crippen MR) is 124 cm³/mol. The van der Waals surface area contributed by atoms with E-state index in [9.17, 15) is 19.5 Å². The second-order valence-corrected chi connectivity index (χ2v) is 8.84. The summed E-state index contributed by atoms with van der Waals surface area (Å²) >= 11 is 0. The lowest BCUT2D eigenvalue weighted by atomic mass is 9.76. The number of hydrogen-bond acceptors (Lipinski definition) is 4. The van der Waals surface area contributed by atoms with E-state index in [-0.39, 0.29) is 17.7 Å². The van der Waals surface area contributed by atoms with Crippen LogP contribution in [0.3, 0.4) is 0 Å². The number of rotatable bonds is 6. The normalized spacial score (nSPS) is 20.9. The summed E-state index contributed by atoms with van der Waals surface area (Å²) in [5.74, 6) is -0.0800. The standard InChI is InChI=1S/C25H30N4O4/c30-23(27-16-20-8-4-5-14-26-20)18-9-11-19(12-10-18)28-24(31)22-21(13-15-29(22)25(32)33)17-6-2-1-3-7-17/h4-5,8-12,14,17,21-22H,1-3,6-7,13,15-16H2,(H,27,30)(H,28,31)(H,32,33)/t21-,22-/m0/s1. The molecule has 2 heterocycles. The molecule has 2 atom stereocenters. The molecular weight excluding hydrogens is 420 g/mol. The summed E-state index contributed by atoms with van der Waals surface area (Å²) in [4.78, 5) is 42.8. The molecule has 1 aliphatic heterocycles.